The van der Waals surface area contributed by atoms with Gasteiger partial charge in [0.15, 0.2) is 0 Å². The third-order valence-corrected chi connectivity index (χ3v) is 6.76. The molecule has 1 fully saturated rings. The van der Waals surface area contributed by atoms with Crippen LogP contribution >= 0.6 is 0 Å². The zero-order valence-corrected chi connectivity index (χ0v) is 17.8. The molecule has 0 aromatic heterocycles. The van der Waals surface area contributed by atoms with Crippen molar-refractivity contribution in [1.82, 2.24) is 0 Å². The summed E-state index contributed by atoms with van der Waals surface area (Å²) in [4.78, 5) is 0. The first-order valence-electron chi connectivity index (χ1n) is 11.4. The molecule has 0 unspecified atom stereocenters. The molecular formula is C27H38. The maximum absolute atomic E-state index is 2.45. The van der Waals surface area contributed by atoms with Crippen LogP contribution in [0.4, 0.5) is 0 Å². The van der Waals surface area contributed by atoms with Crippen LogP contribution in [0.1, 0.15) is 94.4 Å². The van der Waals surface area contributed by atoms with Crippen LogP contribution in [0.3, 0.4) is 0 Å². The molecule has 0 heterocycles. The molecule has 0 bridgehead atoms. The van der Waals surface area contributed by atoms with Crippen molar-refractivity contribution in [3.8, 4) is 0 Å². The van der Waals surface area contributed by atoms with Gasteiger partial charge in [-0.25, -0.2) is 0 Å². The van der Waals surface area contributed by atoms with E-state index in [2.05, 4.69) is 69.3 Å². The maximum atomic E-state index is 2.45. The van der Waals surface area contributed by atoms with Gasteiger partial charge in [-0.15, -0.1) is 0 Å². The number of aryl methyl sites for hydroxylation is 2. The van der Waals surface area contributed by atoms with Crippen molar-refractivity contribution in [2.75, 3.05) is 0 Å². The van der Waals surface area contributed by atoms with Crippen LogP contribution < -0.4 is 0 Å². The van der Waals surface area contributed by atoms with Gasteiger partial charge in [-0.1, -0.05) is 95.0 Å². The van der Waals surface area contributed by atoms with Gasteiger partial charge < -0.3 is 0 Å². The van der Waals surface area contributed by atoms with E-state index in [0.717, 1.165) is 5.92 Å². The standard InChI is InChI=1S/C27H38/c1-4-11-22-18-20-27(21-19-22,25-16-9-7-14-23(25)12-5-2)26-17-10-8-15-24(26)13-6-3/h7-10,14-17,22H,4-6,11-13,18-21H2,1-3H3. The Morgan fingerprint density at radius 1 is 0.704 bits per heavy atom. The van der Waals surface area contributed by atoms with Crippen molar-refractivity contribution in [3.63, 3.8) is 0 Å². The Morgan fingerprint density at radius 2 is 1.19 bits per heavy atom. The lowest BCUT2D eigenvalue weighted by atomic mass is 9.60. The Balaban J connectivity index is 2.09. The highest BCUT2D eigenvalue weighted by atomic mass is 14.4. The Labute approximate surface area is 167 Å². The lowest BCUT2D eigenvalue weighted by Crippen LogP contribution is -2.35. The van der Waals surface area contributed by atoms with E-state index < -0.39 is 0 Å². The second-order valence-corrected chi connectivity index (χ2v) is 8.63. The van der Waals surface area contributed by atoms with Gasteiger partial charge in [0.05, 0.1) is 0 Å². The van der Waals surface area contributed by atoms with Crippen molar-refractivity contribution in [3.05, 3.63) is 70.8 Å². The summed E-state index contributed by atoms with van der Waals surface area (Å²) in [5, 5.41) is 0. The molecule has 0 radical (unpaired) electrons. The number of hydrogen-bond acceptors (Lipinski definition) is 0. The second kappa shape index (κ2) is 9.58. The van der Waals surface area contributed by atoms with Crippen LogP contribution in [0, 0.1) is 5.92 Å². The van der Waals surface area contributed by atoms with Crippen molar-refractivity contribution < 1.29 is 0 Å². The van der Waals surface area contributed by atoms with Crippen LogP contribution in [0.25, 0.3) is 0 Å². The summed E-state index contributed by atoms with van der Waals surface area (Å²) in [7, 11) is 0. The summed E-state index contributed by atoms with van der Waals surface area (Å²) in [6.45, 7) is 6.97. The van der Waals surface area contributed by atoms with E-state index in [0.29, 0.717) is 0 Å². The predicted molar refractivity (Wildman–Crippen MR) is 119 cm³/mol. The quantitative estimate of drug-likeness (QED) is 0.448. The van der Waals surface area contributed by atoms with Gasteiger partial charge in [0.2, 0.25) is 0 Å². The van der Waals surface area contributed by atoms with E-state index in [1.807, 2.05) is 0 Å². The largest absolute Gasteiger partial charge is 0.0654 e. The fourth-order valence-electron chi connectivity index (χ4n) is 5.50. The molecule has 3 rings (SSSR count). The Hall–Kier alpha value is -1.56. The van der Waals surface area contributed by atoms with Gasteiger partial charge in [-0.3, -0.25) is 0 Å². The molecule has 1 saturated carbocycles. The minimum atomic E-state index is 0.224. The molecule has 0 N–H and O–H groups in total. The van der Waals surface area contributed by atoms with Gasteiger partial charge in [0, 0.05) is 5.41 Å². The third-order valence-electron chi connectivity index (χ3n) is 6.76. The van der Waals surface area contributed by atoms with Crippen LogP contribution in [0.5, 0.6) is 0 Å². The Morgan fingerprint density at radius 3 is 1.63 bits per heavy atom. The van der Waals surface area contributed by atoms with Gasteiger partial charge in [-0.2, -0.15) is 0 Å². The topological polar surface area (TPSA) is 0 Å². The molecule has 2 aromatic carbocycles. The average molecular weight is 363 g/mol. The number of rotatable bonds is 8. The molecule has 1 aliphatic carbocycles. The molecule has 2 aromatic rings. The van der Waals surface area contributed by atoms with Crippen molar-refractivity contribution in [2.45, 2.75) is 90.4 Å². The SMILES string of the molecule is CCCc1ccccc1C1(c2ccccc2CCC)CCC(CCC)CC1. The van der Waals surface area contributed by atoms with E-state index in [1.165, 1.54) is 64.2 Å². The van der Waals surface area contributed by atoms with E-state index in [1.54, 1.807) is 22.3 Å². The van der Waals surface area contributed by atoms with Crippen LogP contribution in [0.15, 0.2) is 48.5 Å². The first-order valence-corrected chi connectivity index (χ1v) is 11.4. The van der Waals surface area contributed by atoms with E-state index in [9.17, 15) is 0 Å². The highest BCUT2D eigenvalue weighted by Gasteiger charge is 2.40. The van der Waals surface area contributed by atoms with Crippen LogP contribution in [-0.4, -0.2) is 0 Å². The molecule has 0 amide bonds. The second-order valence-electron chi connectivity index (χ2n) is 8.63. The summed E-state index contributed by atoms with van der Waals surface area (Å²) >= 11 is 0. The summed E-state index contributed by atoms with van der Waals surface area (Å²) in [6, 6.07) is 18.7. The summed E-state index contributed by atoms with van der Waals surface area (Å²) < 4.78 is 0. The summed E-state index contributed by atoms with van der Waals surface area (Å²) in [6.07, 6.45) is 13.0. The van der Waals surface area contributed by atoms with E-state index in [4.69, 9.17) is 0 Å². The molecule has 27 heavy (non-hydrogen) atoms. The average Bonchev–Trinajstić information content (AvgIpc) is 2.71. The molecular weight excluding hydrogens is 324 g/mol. The smallest absolute Gasteiger partial charge is 0.0208 e. The molecule has 0 saturated heterocycles. The summed E-state index contributed by atoms with van der Waals surface area (Å²) in [5.74, 6) is 0.930. The van der Waals surface area contributed by atoms with Crippen LogP contribution in [0.2, 0.25) is 0 Å². The maximum Gasteiger partial charge on any atom is 0.0208 e. The zero-order chi connectivity index (χ0) is 19.1. The lowest BCUT2D eigenvalue weighted by molar-refractivity contribution is 0.252. The minimum Gasteiger partial charge on any atom is -0.0654 e. The fraction of sp³-hybridized carbons (Fsp3) is 0.556. The van der Waals surface area contributed by atoms with Gasteiger partial charge in [0.25, 0.3) is 0 Å². The van der Waals surface area contributed by atoms with E-state index in [-0.39, 0.29) is 5.41 Å². The summed E-state index contributed by atoms with van der Waals surface area (Å²) in [5.41, 5.74) is 6.65. The number of benzene rings is 2. The van der Waals surface area contributed by atoms with Crippen molar-refractivity contribution >= 4 is 0 Å². The minimum absolute atomic E-state index is 0.224. The van der Waals surface area contributed by atoms with Gasteiger partial charge >= 0.3 is 0 Å². The van der Waals surface area contributed by atoms with Gasteiger partial charge in [-0.05, 0) is 66.7 Å². The molecule has 146 valence electrons. The Kier molecular flexibility index (Phi) is 7.16. The normalized spacial score (nSPS) is 17.1. The molecule has 0 spiro atoms. The fourth-order valence-corrected chi connectivity index (χ4v) is 5.50. The lowest BCUT2D eigenvalue weighted by Gasteiger charge is -2.43. The monoisotopic (exact) mass is 362 g/mol. The first kappa shape index (κ1) is 20.2. The molecule has 0 atom stereocenters. The highest BCUT2D eigenvalue weighted by molar-refractivity contribution is 5.47. The van der Waals surface area contributed by atoms with Gasteiger partial charge in [0.1, 0.15) is 0 Å². The zero-order valence-electron chi connectivity index (χ0n) is 17.8. The molecule has 1 aliphatic rings. The van der Waals surface area contributed by atoms with Crippen LogP contribution in [-0.2, 0) is 18.3 Å². The van der Waals surface area contributed by atoms with Crippen molar-refractivity contribution in [1.29, 1.82) is 0 Å². The number of hydrogen-bond donors (Lipinski definition) is 0. The van der Waals surface area contributed by atoms with E-state index >= 15 is 0 Å². The molecule has 0 heteroatoms. The Bertz CT molecular complexity index is 652. The first-order chi connectivity index (χ1) is 13.2. The third kappa shape index (κ3) is 4.31. The van der Waals surface area contributed by atoms with Crippen molar-refractivity contribution in [2.24, 2.45) is 5.92 Å². The highest BCUT2D eigenvalue weighted by Crippen LogP contribution is 2.49. The molecule has 0 nitrogen and oxygen atoms in total. The molecule has 0 aliphatic heterocycles. The predicted octanol–water partition coefficient (Wildman–Crippen LogP) is 7.87.